The summed E-state index contributed by atoms with van der Waals surface area (Å²) >= 11 is 0. The maximum absolute atomic E-state index is 11.6. The van der Waals surface area contributed by atoms with Crippen LogP contribution in [0.4, 0.5) is 0 Å². The van der Waals surface area contributed by atoms with E-state index in [0.717, 1.165) is 25.7 Å². The summed E-state index contributed by atoms with van der Waals surface area (Å²) < 4.78 is 5.22. The topological polar surface area (TPSA) is 55.4 Å². The molecule has 0 radical (unpaired) electrons. The second-order valence-electron chi connectivity index (χ2n) is 6.56. The zero-order valence-corrected chi connectivity index (χ0v) is 14.3. The second-order valence-corrected chi connectivity index (χ2v) is 6.56. The lowest BCUT2D eigenvalue weighted by molar-refractivity contribution is -0.154. The number of unbranched alkanes of at least 4 members (excludes halogenated alkanes) is 5. The zero-order chi connectivity index (χ0) is 16.1. The highest BCUT2D eigenvalue weighted by Crippen LogP contribution is 2.09. The third kappa shape index (κ3) is 15.2. The van der Waals surface area contributed by atoms with E-state index in [9.17, 15) is 9.59 Å². The normalized spacial score (nSPS) is 11.2. The first-order valence-electron chi connectivity index (χ1n) is 8.33. The fourth-order valence-electron chi connectivity index (χ4n) is 1.99. The van der Waals surface area contributed by atoms with Crippen LogP contribution in [0.1, 0.15) is 85.5 Å². The van der Waals surface area contributed by atoms with Crippen LogP contribution in [-0.4, -0.2) is 24.0 Å². The van der Waals surface area contributed by atoms with Crippen molar-refractivity contribution in [2.45, 2.75) is 91.1 Å². The maximum atomic E-state index is 11.6. The Hall–Kier alpha value is -1.06. The Morgan fingerprint density at radius 2 is 1.52 bits per heavy atom. The molecule has 0 aromatic rings. The molecule has 4 nitrogen and oxygen atoms in total. The Morgan fingerprint density at radius 3 is 2.14 bits per heavy atom. The second kappa shape index (κ2) is 11.6. The van der Waals surface area contributed by atoms with Gasteiger partial charge in [0.2, 0.25) is 5.91 Å². The van der Waals surface area contributed by atoms with Crippen molar-refractivity contribution < 1.29 is 14.3 Å². The highest BCUT2D eigenvalue weighted by Gasteiger charge is 2.15. The summed E-state index contributed by atoms with van der Waals surface area (Å²) in [7, 11) is 0. The Kier molecular flexibility index (Phi) is 11.0. The van der Waals surface area contributed by atoms with Crippen molar-refractivity contribution in [3.05, 3.63) is 0 Å². The molecular formula is C17H33NO3. The van der Waals surface area contributed by atoms with Crippen LogP contribution in [0.25, 0.3) is 0 Å². The van der Waals surface area contributed by atoms with E-state index in [1.54, 1.807) is 0 Å². The number of hydrogen-bond acceptors (Lipinski definition) is 3. The predicted octanol–water partition coefficient (Wildman–Crippen LogP) is 3.98. The van der Waals surface area contributed by atoms with Crippen LogP contribution in [0, 0.1) is 0 Å². The van der Waals surface area contributed by atoms with E-state index in [4.69, 9.17) is 4.74 Å². The Balaban J connectivity index is 3.42. The van der Waals surface area contributed by atoms with Gasteiger partial charge in [0.15, 0.2) is 0 Å². The number of carbonyl (C=O) groups excluding carboxylic acids is 2. The fourth-order valence-corrected chi connectivity index (χ4v) is 1.99. The number of ether oxygens (including phenoxy) is 1. The smallest absolute Gasteiger partial charge is 0.306 e. The molecule has 0 aromatic heterocycles. The largest absolute Gasteiger partial charge is 0.460 e. The van der Waals surface area contributed by atoms with Crippen molar-refractivity contribution in [1.82, 2.24) is 5.32 Å². The standard InChI is InChI=1S/C17H33NO3/c1-5-6-7-8-9-12-15(19)18-14-11-10-13-16(20)21-17(2,3)4/h5-14H2,1-4H3,(H,18,19). The van der Waals surface area contributed by atoms with Gasteiger partial charge >= 0.3 is 5.97 Å². The summed E-state index contributed by atoms with van der Waals surface area (Å²) in [6, 6.07) is 0. The van der Waals surface area contributed by atoms with E-state index < -0.39 is 5.60 Å². The number of amides is 1. The van der Waals surface area contributed by atoms with Crippen molar-refractivity contribution in [1.29, 1.82) is 0 Å². The highest BCUT2D eigenvalue weighted by atomic mass is 16.6. The van der Waals surface area contributed by atoms with Gasteiger partial charge in [-0.2, -0.15) is 0 Å². The first-order valence-corrected chi connectivity index (χ1v) is 8.33. The lowest BCUT2D eigenvalue weighted by Crippen LogP contribution is -2.25. The predicted molar refractivity (Wildman–Crippen MR) is 86.1 cm³/mol. The average molecular weight is 299 g/mol. The van der Waals surface area contributed by atoms with Crippen LogP contribution in [-0.2, 0) is 14.3 Å². The molecule has 0 heterocycles. The van der Waals surface area contributed by atoms with Gasteiger partial charge in [-0.05, 0) is 40.0 Å². The van der Waals surface area contributed by atoms with Crippen molar-refractivity contribution in [2.24, 2.45) is 0 Å². The molecule has 0 aliphatic heterocycles. The fraction of sp³-hybridized carbons (Fsp3) is 0.882. The van der Waals surface area contributed by atoms with E-state index in [-0.39, 0.29) is 11.9 Å². The molecule has 0 saturated carbocycles. The highest BCUT2D eigenvalue weighted by molar-refractivity contribution is 5.75. The summed E-state index contributed by atoms with van der Waals surface area (Å²) in [5.41, 5.74) is -0.414. The molecule has 0 saturated heterocycles. The van der Waals surface area contributed by atoms with Crippen molar-refractivity contribution in [3.8, 4) is 0 Å². The van der Waals surface area contributed by atoms with E-state index >= 15 is 0 Å². The molecular weight excluding hydrogens is 266 g/mol. The summed E-state index contributed by atoms with van der Waals surface area (Å²) in [6.07, 6.45) is 8.44. The van der Waals surface area contributed by atoms with Crippen LogP contribution in [0.15, 0.2) is 0 Å². The monoisotopic (exact) mass is 299 g/mol. The van der Waals surface area contributed by atoms with E-state index in [0.29, 0.717) is 19.4 Å². The molecule has 0 rings (SSSR count). The number of hydrogen-bond donors (Lipinski definition) is 1. The number of nitrogens with one attached hydrogen (secondary N) is 1. The summed E-state index contributed by atoms with van der Waals surface area (Å²) in [6.45, 7) is 8.43. The molecule has 21 heavy (non-hydrogen) atoms. The summed E-state index contributed by atoms with van der Waals surface area (Å²) in [5, 5.41) is 2.90. The Labute approximate surface area is 130 Å². The molecule has 1 amide bonds. The molecule has 0 aromatic carbocycles. The molecule has 0 bridgehead atoms. The van der Waals surface area contributed by atoms with Gasteiger partial charge in [-0.1, -0.05) is 32.6 Å². The average Bonchev–Trinajstić information content (AvgIpc) is 2.36. The minimum absolute atomic E-state index is 0.128. The van der Waals surface area contributed by atoms with Crippen LogP contribution in [0.3, 0.4) is 0 Å². The first-order chi connectivity index (χ1) is 9.85. The van der Waals surface area contributed by atoms with Crippen molar-refractivity contribution >= 4 is 11.9 Å². The Bertz CT molecular complexity index is 295. The van der Waals surface area contributed by atoms with Gasteiger partial charge in [0.25, 0.3) is 0 Å². The van der Waals surface area contributed by atoms with Gasteiger partial charge in [0, 0.05) is 19.4 Å². The maximum Gasteiger partial charge on any atom is 0.306 e. The van der Waals surface area contributed by atoms with E-state index in [1.165, 1.54) is 19.3 Å². The molecule has 1 N–H and O–H groups in total. The lowest BCUT2D eigenvalue weighted by atomic mass is 10.1. The van der Waals surface area contributed by atoms with Gasteiger partial charge in [0.05, 0.1) is 0 Å². The zero-order valence-electron chi connectivity index (χ0n) is 14.3. The van der Waals surface area contributed by atoms with Crippen LogP contribution in [0.2, 0.25) is 0 Å². The molecule has 0 atom stereocenters. The number of rotatable bonds is 11. The van der Waals surface area contributed by atoms with Crippen molar-refractivity contribution in [2.75, 3.05) is 6.54 Å². The van der Waals surface area contributed by atoms with E-state index in [1.807, 2.05) is 20.8 Å². The number of carbonyl (C=O) groups is 2. The molecule has 0 fully saturated rings. The SMILES string of the molecule is CCCCCCCC(=O)NCCCCC(=O)OC(C)(C)C. The third-order valence-electron chi connectivity index (χ3n) is 3.06. The van der Waals surface area contributed by atoms with Gasteiger partial charge in [0.1, 0.15) is 5.60 Å². The molecule has 0 spiro atoms. The molecule has 124 valence electrons. The van der Waals surface area contributed by atoms with Crippen LogP contribution < -0.4 is 5.32 Å². The summed E-state index contributed by atoms with van der Waals surface area (Å²) in [5.74, 6) is -0.0338. The van der Waals surface area contributed by atoms with Crippen LogP contribution >= 0.6 is 0 Å². The molecule has 0 aliphatic rings. The first kappa shape index (κ1) is 19.9. The minimum atomic E-state index is -0.414. The third-order valence-corrected chi connectivity index (χ3v) is 3.06. The lowest BCUT2D eigenvalue weighted by Gasteiger charge is -2.19. The molecule has 4 heteroatoms. The quantitative estimate of drug-likeness (QED) is 0.464. The number of esters is 1. The van der Waals surface area contributed by atoms with Gasteiger partial charge in [-0.3, -0.25) is 9.59 Å². The van der Waals surface area contributed by atoms with E-state index in [2.05, 4.69) is 12.2 Å². The molecule has 0 aliphatic carbocycles. The van der Waals surface area contributed by atoms with Gasteiger partial charge in [-0.25, -0.2) is 0 Å². The van der Waals surface area contributed by atoms with Crippen molar-refractivity contribution in [3.63, 3.8) is 0 Å². The summed E-state index contributed by atoms with van der Waals surface area (Å²) in [4.78, 5) is 23.0. The minimum Gasteiger partial charge on any atom is -0.460 e. The van der Waals surface area contributed by atoms with Gasteiger partial charge < -0.3 is 10.1 Å². The molecule has 0 unspecified atom stereocenters. The van der Waals surface area contributed by atoms with Gasteiger partial charge in [-0.15, -0.1) is 0 Å². The Morgan fingerprint density at radius 1 is 0.905 bits per heavy atom. The van der Waals surface area contributed by atoms with Crippen LogP contribution in [0.5, 0.6) is 0 Å².